The molecule has 1 saturated heterocycles. The van der Waals surface area contributed by atoms with Crippen LogP contribution in [-0.4, -0.2) is 42.1 Å². The van der Waals surface area contributed by atoms with Crippen LogP contribution < -0.4 is 5.32 Å². The molecule has 0 bridgehead atoms. The number of benzene rings is 1. The topological polar surface area (TPSA) is 15.3 Å². The SMILES string of the molecule is c1ccc2c(c1)C[C@H](CN1CCSCC1)N2. The largest absolute Gasteiger partial charge is 0.380 e. The molecule has 0 unspecified atom stereocenters. The van der Waals surface area contributed by atoms with Gasteiger partial charge in [-0.25, -0.2) is 0 Å². The second-order valence-corrected chi connectivity index (χ2v) is 5.84. The van der Waals surface area contributed by atoms with Crippen LogP contribution in [-0.2, 0) is 6.42 Å². The normalized spacial score (nSPS) is 25.1. The van der Waals surface area contributed by atoms with E-state index in [1.54, 1.807) is 0 Å². The van der Waals surface area contributed by atoms with Crippen LogP contribution in [0.5, 0.6) is 0 Å². The summed E-state index contributed by atoms with van der Waals surface area (Å²) in [7, 11) is 0. The van der Waals surface area contributed by atoms with Gasteiger partial charge in [-0.3, -0.25) is 4.90 Å². The van der Waals surface area contributed by atoms with E-state index in [0.29, 0.717) is 6.04 Å². The Labute approximate surface area is 101 Å². The van der Waals surface area contributed by atoms with E-state index in [0.717, 1.165) is 0 Å². The van der Waals surface area contributed by atoms with Crippen LogP contribution in [0.15, 0.2) is 24.3 Å². The molecule has 0 aromatic heterocycles. The lowest BCUT2D eigenvalue weighted by Gasteiger charge is -2.28. The fraction of sp³-hybridized carbons (Fsp3) is 0.538. The Hall–Kier alpha value is -0.670. The van der Waals surface area contributed by atoms with Crippen molar-refractivity contribution in [3.63, 3.8) is 0 Å². The Morgan fingerprint density at radius 2 is 2.06 bits per heavy atom. The zero-order valence-electron chi connectivity index (χ0n) is 9.48. The quantitative estimate of drug-likeness (QED) is 0.843. The third kappa shape index (κ3) is 2.20. The molecule has 1 aromatic carbocycles. The average molecular weight is 234 g/mol. The molecule has 0 spiro atoms. The maximum absolute atomic E-state index is 3.63. The second-order valence-electron chi connectivity index (χ2n) is 4.62. The standard InChI is InChI=1S/C13H18N2S/c1-2-4-13-11(3-1)9-12(14-13)10-15-5-7-16-8-6-15/h1-4,12,14H,5-10H2/t12-/m1/s1. The summed E-state index contributed by atoms with van der Waals surface area (Å²) in [6.07, 6.45) is 1.19. The first-order chi connectivity index (χ1) is 7.92. The second kappa shape index (κ2) is 4.68. The predicted molar refractivity (Wildman–Crippen MR) is 71.3 cm³/mol. The molecular weight excluding hydrogens is 216 g/mol. The molecular formula is C13H18N2S. The van der Waals surface area contributed by atoms with Crippen molar-refractivity contribution in [2.75, 3.05) is 36.5 Å². The van der Waals surface area contributed by atoms with E-state index < -0.39 is 0 Å². The van der Waals surface area contributed by atoms with Crippen molar-refractivity contribution in [1.29, 1.82) is 0 Å². The van der Waals surface area contributed by atoms with Crippen molar-refractivity contribution in [2.24, 2.45) is 0 Å². The predicted octanol–water partition coefficient (Wildman–Crippen LogP) is 2.07. The van der Waals surface area contributed by atoms with Gasteiger partial charge in [-0.2, -0.15) is 11.8 Å². The van der Waals surface area contributed by atoms with Crippen LogP contribution in [0.4, 0.5) is 5.69 Å². The van der Waals surface area contributed by atoms with Crippen LogP contribution in [0.3, 0.4) is 0 Å². The maximum Gasteiger partial charge on any atom is 0.0429 e. The summed E-state index contributed by atoms with van der Waals surface area (Å²) < 4.78 is 0. The maximum atomic E-state index is 3.63. The monoisotopic (exact) mass is 234 g/mol. The average Bonchev–Trinajstić information content (AvgIpc) is 2.72. The number of anilines is 1. The van der Waals surface area contributed by atoms with Gasteiger partial charge in [0.05, 0.1) is 0 Å². The molecule has 2 heterocycles. The van der Waals surface area contributed by atoms with Gasteiger partial charge >= 0.3 is 0 Å². The lowest BCUT2D eigenvalue weighted by atomic mass is 10.1. The fourth-order valence-corrected chi connectivity index (χ4v) is 3.56. The van der Waals surface area contributed by atoms with Crippen LogP contribution in [0.25, 0.3) is 0 Å². The minimum atomic E-state index is 0.625. The highest BCUT2D eigenvalue weighted by Crippen LogP contribution is 2.25. The first-order valence-electron chi connectivity index (χ1n) is 6.06. The molecule has 16 heavy (non-hydrogen) atoms. The van der Waals surface area contributed by atoms with Crippen molar-refractivity contribution in [1.82, 2.24) is 4.90 Å². The van der Waals surface area contributed by atoms with Gasteiger partial charge in [0.1, 0.15) is 0 Å². The molecule has 0 amide bonds. The number of rotatable bonds is 2. The van der Waals surface area contributed by atoms with Gasteiger partial charge in [0.25, 0.3) is 0 Å². The summed E-state index contributed by atoms with van der Waals surface area (Å²) >= 11 is 2.08. The highest BCUT2D eigenvalue weighted by Gasteiger charge is 2.22. The van der Waals surface area contributed by atoms with Gasteiger partial charge in [0.2, 0.25) is 0 Å². The van der Waals surface area contributed by atoms with Crippen molar-refractivity contribution in [2.45, 2.75) is 12.5 Å². The molecule has 2 nitrogen and oxygen atoms in total. The Morgan fingerprint density at radius 1 is 1.25 bits per heavy atom. The molecule has 3 heteroatoms. The van der Waals surface area contributed by atoms with Gasteiger partial charge in [-0.15, -0.1) is 0 Å². The molecule has 0 radical (unpaired) electrons. The number of thioether (sulfide) groups is 1. The first-order valence-corrected chi connectivity index (χ1v) is 7.22. The van der Waals surface area contributed by atoms with E-state index in [9.17, 15) is 0 Å². The summed E-state index contributed by atoms with van der Waals surface area (Å²) in [5, 5.41) is 3.63. The van der Waals surface area contributed by atoms with E-state index in [1.807, 2.05) is 0 Å². The zero-order chi connectivity index (χ0) is 10.8. The molecule has 0 saturated carbocycles. The molecule has 1 fully saturated rings. The number of nitrogens with one attached hydrogen (secondary N) is 1. The summed E-state index contributed by atoms with van der Waals surface area (Å²) in [5.41, 5.74) is 2.83. The number of para-hydroxylation sites is 1. The van der Waals surface area contributed by atoms with Gasteiger partial charge in [0.15, 0.2) is 0 Å². The van der Waals surface area contributed by atoms with Gasteiger partial charge in [-0.1, -0.05) is 18.2 Å². The number of fused-ring (bicyclic) bond motifs is 1. The number of nitrogens with zero attached hydrogens (tertiary/aromatic N) is 1. The van der Waals surface area contributed by atoms with Crippen LogP contribution >= 0.6 is 11.8 Å². The fourth-order valence-electron chi connectivity index (χ4n) is 2.58. The third-order valence-corrected chi connectivity index (χ3v) is 4.37. The van der Waals surface area contributed by atoms with E-state index in [2.05, 4.69) is 46.2 Å². The van der Waals surface area contributed by atoms with Gasteiger partial charge in [0, 0.05) is 42.9 Å². The van der Waals surface area contributed by atoms with E-state index in [1.165, 1.54) is 48.8 Å². The summed E-state index contributed by atoms with van der Waals surface area (Å²) in [5.74, 6) is 2.61. The van der Waals surface area contributed by atoms with E-state index >= 15 is 0 Å². The molecule has 1 aromatic rings. The molecule has 0 aliphatic carbocycles. The minimum Gasteiger partial charge on any atom is -0.380 e. The van der Waals surface area contributed by atoms with E-state index in [-0.39, 0.29) is 0 Å². The molecule has 2 aliphatic rings. The molecule has 2 aliphatic heterocycles. The Balaban J connectivity index is 1.59. The van der Waals surface area contributed by atoms with Crippen molar-refractivity contribution in [3.05, 3.63) is 29.8 Å². The number of hydrogen-bond donors (Lipinski definition) is 1. The van der Waals surface area contributed by atoms with Gasteiger partial charge in [-0.05, 0) is 18.1 Å². The summed E-state index contributed by atoms with van der Waals surface area (Å²) in [6, 6.07) is 9.32. The zero-order valence-corrected chi connectivity index (χ0v) is 10.3. The first kappa shape index (κ1) is 10.5. The van der Waals surface area contributed by atoms with Crippen LogP contribution in [0, 0.1) is 0 Å². The third-order valence-electron chi connectivity index (χ3n) is 3.43. The highest BCUT2D eigenvalue weighted by molar-refractivity contribution is 7.99. The minimum absolute atomic E-state index is 0.625. The lowest BCUT2D eigenvalue weighted by molar-refractivity contribution is 0.290. The smallest absolute Gasteiger partial charge is 0.0429 e. The van der Waals surface area contributed by atoms with Crippen molar-refractivity contribution >= 4 is 17.4 Å². The Kier molecular flexibility index (Phi) is 3.06. The number of hydrogen-bond acceptors (Lipinski definition) is 3. The molecule has 3 rings (SSSR count). The molecule has 1 atom stereocenters. The van der Waals surface area contributed by atoms with Crippen LogP contribution in [0.1, 0.15) is 5.56 Å². The Morgan fingerprint density at radius 3 is 2.88 bits per heavy atom. The van der Waals surface area contributed by atoms with E-state index in [4.69, 9.17) is 0 Å². The van der Waals surface area contributed by atoms with Crippen molar-refractivity contribution in [3.8, 4) is 0 Å². The molecule has 86 valence electrons. The van der Waals surface area contributed by atoms with Crippen LogP contribution in [0.2, 0.25) is 0 Å². The van der Waals surface area contributed by atoms with Crippen molar-refractivity contribution < 1.29 is 0 Å². The lowest BCUT2D eigenvalue weighted by Crippen LogP contribution is -2.40. The Bertz CT molecular complexity index is 336. The molecule has 1 N–H and O–H groups in total. The highest BCUT2D eigenvalue weighted by atomic mass is 32.2. The van der Waals surface area contributed by atoms with Gasteiger partial charge < -0.3 is 5.32 Å². The summed E-state index contributed by atoms with van der Waals surface area (Å²) in [6.45, 7) is 3.73. The summed E-state index contributed by atoms with van der Waals surface area (Å²) in [4.78, 5) is 2.60.